The minimum Gasteiger partial charge on any atom is -0.460 e. The van der Waals surface area contributed by atoms with Crippen molar-refractivity contribution in [2.75, 3.05) is 5.32 Å². The molecule has 6 rings (SSSR count). The molecule has 3 aromatic heterocycles. The normalized spacial score (nSPS) is 18.7. The molecule has 3 heterocycles. The monoisotopic (exact) mass is 530 g/mol. The maximum atomic E-state index is 14.9. The summed E-state index contributed by atoms with van der Waals surface area (Å²) in [6.07, 6.45) is 7.89. The number of tetrazole rings is 1. The first kappa shape index (κ1) is 24.8. The van der Waals surface area contributed by atoms with Gasteiger partial charge in [0.15, 0.2) is 0 Å². The van der Waals surface area contributed by atoms with Crippen LogP contribution in [-0.2, 0) is 9.53 Å². The van der Waals surface area contributed by atoms with E-state index in [9.17, 15) is 14.0 Å². The molecule has 4 aromatic rings. The molecule has 0 saturated heterocycles. The van der Waals surface area contributed by atoms with Gasteiger partial charge in [0.05, 0.1) is 23.8 Å². The summed E-state index contributed by atoms with van der Waals surface area (Å²) in [5, 5.41) is 19.2. The van der Waals surface area contributed by atoms with Crippen molar-refractivity contribution in [1.29, 1.82) is 0 Å². The fraction of sp³-hybridized carbons (Fsp3) is 0.370. The molecule has 2 aliphatic rings. The summed E-state index contributed by atoms with van der Waals surface area (Å²) in [5.41, 5.74) is 2.61. The summed E-state index contributed by atoms with van der Waals surface area (Å²) in [5.74, 6) is -1.00. The number of hydrogen-bond acceptors (Lipinski definition) is 8. The van der Waals surface area contributed by atoms with Gasteiger partial charge in [-0.05, 0) is 84.8 Å². The number of aromatic nitrogens is 7. The van der Waals surface area contributed by atoms with Crippen LogP contribution in [0.3, 0.4) is 0 Å². The number of esters is 1. The van der Waals surface area contributed by atoms with Crippen LogP contribution < -0.4 is 5.32 Å². The first-order chi connectivity index (χ1) is 18.9. The first-order valence-corrected chi connectivity index (χ1v) is 13.0. The zero-order valence-corrected chi connectivity index (χ0v) is 21.5. The Bertz CT molecular complexity index is 1560. The second-order valence-corrected chi connectivity index (χ2v) is 10.0. The van der Waals surface area contributed by atoms with Crippen LogP contribution in [0.5, 0.6) is 0 Å². The quantitative estimate of drug-likeness (QED) is 0.350. The van der Waals surface area contributed by atoms with Gasteiger partial charge in [0, 0.05) is 18.7 Å². The first-order valence-electron chi connectivity index (χ1n) is 13.0. The summed E-state index contributed by atoms with van der Waals surface area (Å²) in [6.45, 7) is 3.19. The van der Waals surface area contributed by atoms with Crippen molar-refractivity contribution in [3.63, 3.8) is 0 Å². The summed E-state index contributed by atoms with van der Waals surface area (Å²) >= 11 is 0. The number of ether oxygens (including phenoxy) is 1. The van der Waals surface area contributed by atoms with E-state index in [0.29, 0.717) is 23.1 Å². The molecule has 1 N–H and O–H groups in total. The minimum absolute atomic E-state index is 0.0954. The van der Waals surface area contributed by atoms with Crippen molar-refractivity contribution in [1.82, 2.24) is 35.0 Å². The van der Waals surface area contributed by atoms with Crippen molar-refractivity contribution in [3.05, 3.63) is 59.7 Å². The number of carbonyl (C=O) groups is 2. The molecule has 1 amide bonds. The predicted molar refractivity (Wildman–Crippen MR) is 138 cm³/mol. The molecule has 0 radical (unpaired) electrons. The Kier molecular flexibility index (Phi) is 6.37. The summed E-state index contributed by atoms with van der Waals surface area (Å²) in [4.78, 5) is 29.2. The highest BCUT2D eigenvalue weighted by Crippen LogP contribution is 2.36. The molecule has 12 heteroatoms. The van der Waals surface area contributed by atoms with E-state index in [-0.39, 0.29) is 29.5 Å². The SMILES string of the molecule is CC(=O)O[C@H]1CCC[C@H]1n1nnnc1-c1cccc(NC(=O)c2cc(-c3cnn(C4CC4)c3)c(C)cc2F)n1. The number of anilines is 1. The predicted octanol–water partition coefficient (Wildman–Crippen LogP) is 4.29. The van der Waals surface area contributed by atoms with Crippen LogP contribution in [0.15, 0.2) is 42.7 Å². The number of nitrogens with zero attached hydrogens (tertiary/aromatic N) is 7. The van der Waals surface area contributed by atoms with E-state index in [1.807, 2.05) is 10.9 Å². The third-order valence-corrected chi connectivity index (χ3v) is 7.15. The van der Waals surface area contributed by atoms with Gasteiger partial charge in [-0.2, -0.15) is 5.10 Å². The highest BCUT2D eigenvalue weighted by Gasteiger charge is 2.34. The third-order valence-electron chi connectivity index (χ3n) is 7.15. The van der Waals surface area contributed by atoms with E-state index in [1.165, 1.54) is 13.0 Å². The number of rotatable bonds is 7. The lowest BCUT2D eigenvalue weighted by molar-refractivity contribution is -0.147. The molecule has 0 bridgehead atoms. The van der Waals surface area contributed by atoms with Crippen LogP contribution in [0.4, 0.5) is 10.2 Å². The molecule has 2 fully saturated rings. The Morgan fingerprint density at radius 3 is 2.79 bits per heavy atom. The van der Waals surface area contributed by atoms with Crippen molar-refractivity contribution < 1.29 is 18.7 Å². The van der Waals surface area contributed by atoms with Crippen LogP contribution in [0, 0.1) is 12.7 Å². The number of aryl methyl sites for hydroxylation is 1. The number of pyridine rings is 1. The summed E-state index contributed by atoms with van der Waals surface area (Å²) in [6, 6.07) is 8.14. The van der Waals surface area contributed by atoms with Gasteiger partial charge in [-0.15, -0.1) is 5.10 Å². The maximum Gasteiger partial charge on any atom is 0.302 e. The van der Waals surface area contributed by atoms with E-state index in [0.717, 1.165) is 43.2 Å². The van der Waals surface area contributed by atoms with Crippen LogP contribution >= 0.6 is 0 Å². The molecule has 2 atom stereocenters. The Morgan fingerprint density at radius 1 is 1.15 bits per heavy atom. The van der Waals surface area contributed by atoms with E-state index < -0.39 is 11.7 Å². The van der Waals surface area contributed by atoms with Crippen molar-refractivity contribution in [3.8, 4) is 22.6 Å². The average Bonchev–Trinajstić information content (AvgIpc) is 3.27. The Labute approximate surface area is 223 Å². The van der Waals surface area contributed by atoms with Gasteiger partial charge < -0.3 is 10.1 Å². The minimum atomic E-state index is -0.627. The lowest BCUT2D eigenvalue weighted by Gasteiger charge is -2.20. The van der Waals surface area contributed by atoms with Gasteiger partial charge in [-0.3, -0.25) is 14.3 Å². The van der Waals surface area contributed by atoms with E-state index in [4.69, 9.17) is 4.74 Å². The lowest BCUT2D eigenvalue weighted by atomic mass is 9.99. The lowest BCUT2D eigenvalue weighted by Crippen LogP contribution is -2.25. The molecular formula is C27H27FN8O3. The number of carbonyl (C=O) groups excluding carboxylic acids is 2. The zero-order valence-electron chi connectivity index (χ0n) is 21.5. The molecule has 2 saturated carbocycles. The van der Waals surface area contributed by atoms with Gasteiger partial charge in [-0.25, -0.2) is 14.1 Å². The zero-order chi connectivity index (χ0) is 27.1. The Hall–Kier alpha value is -4.48. The highest BCUT2D eigenvalue weighted by molar-refractivity contribution is 6.05. The molecule has 0 aliphatic heterocycles. The average molecular weight is 531 g/mol. The van der Waals surface area contributed by atoms with Gasteiger partial charge in [0.25, 0.3) is 5.91 Å². The smallest absolute Gasteiger partial charge is 0.302 e. The molecule has 200 valence electrons. The summed E-state index contributed by atoms with van der Waals surface area (Å²) in [7, 11) is 0. The van der Waals surface area contributed by atoms with E-state index >= 15 is 0 Å². The number of benzene rings is 1. The summed E-state index contributed by atoms with van der Waals surface area (Å²) < 4.78 is 23.9. The van der Waals surface area contributed by atoms with Gasteiger partial charge in [-0.1, -0.05) is 6.07 Å². The van der Waals surface area contributed by atoms with Crippen LogP contribution in [0.1, 0.15) is 67.0 Å². The number of hydrogen-bond donors (Lipinski definition) is 1. The van der Waals surface area contributed by atoms with Gasteiger partial charge in [0.1, 0.15) is 23.4 Å². The van der Waals surface area contributed by atoms with Gasteiger partial charge >= 0.3 is 5.97 Å². The third kappa shape index (κ3) is 5.01. The van der Waals surface area contributed by atoms with Gasteiger partial charge in [0.2, 0.25) is 5.82 Å². The standard InChI is InChI=1S/C27H27FN8O3/c1-15-11-21(28)20(12-19(15)17-13-29-35(14-17)18-9-10-18)27(38)31-25-8-3-5-22(30-25)26-32-33-34-36(26)23-6-4-7-24(23)39-16(2)37/h3,5,8,11-14,18,23-24H,4,6-7,9-10H2,1-2H3,(H,30,31,38)/t23-,24+/m1/s1. The molecule has 0 spiro atoms. The number of halogens is 1. The van der Waals surface area contributed by atoms with E-state index in [2.05, 4.69) is 30.9 Å². The van der Waals surface area contributed by atoms with Crippen molar-refractivity contribution in [2.24, 2.45) is 0 Å². The Morgan fingerprint density at radius 2 is 2.00 bits per heavy atom. The van der Waals surface area contributed by atoms with Crippen molar-refractivity contribution in [2.45, 2.75) is 64.1 Å². The largest absolute Gasteiger partial charge is 0.460 e. The fourth-order valence-corrected chi connectivity index (χ4v) is 5.11. The topological polar surface area (TPSA) is 130 Å². The molecule has 2 aliphatic carbocycles. The van der Waals surface area contributed by atoms with E-state index in [1.54, 1.807) is 42.1 Å². The van der Waals surface area contributed by atoms with Crippen LogP contribution in [0.2, 0.25) is 0 Å². The molecule has 0 unspecified atom stereocenters. The second-order valence-electron chi connectivity index (χ2n) is 10.0. The maximum absolute atomic E-state index is 14.9. The second kappa shape index (κ2) is 10.0. The van der Waals surface area contributed by atoms with Crippen LogP contribution in [0.25, 0.3) is 22.6 Å². The highest BCUT2D eigenvalue weighted by atomic mass is 19.1. The van der Waals surface area contributed by atoms with Crippen LogP contribution in [-0.4, -0.2) is 53.0 Å². The molecule has 39 heavy (non-hydrogen) atoms. The number of nitrogens with one attached hydrogen (secondary N) is 1. The molecule has 1 aromatic carbocycles. The number of amides is 1. The van der Waals surface area contributed by atoms with Crippen molar-refractivity contribution >= 4 is 17.7 Å². The Balaban J connectivity index is 1.24. The fourth-order valence-electron chi connectivity index (χ4n) is 5.11. The molecule has 11 nitrogen and oxygen atoms in total. The molecular weight excluding hydrogens is 503 g/mol.